The van der Waals surface area contributed by atoms with Crippen molar-refractivity contribution in [1.29, 1.82) is 0 Å². The van der Waals surface area contributed by atoms with Crippen LogP contribution in [0, 0.1) is 13.8 Å². The minimum atomic E-state index is -1.07. The van der Waals surface area contributed by atoms with Crippen molar-refractivity contribution < 1.29 is 14.7 Å². The van der Waals surface area contributed by atoms with Crippen LogP contribution in [-0.4, -0.2) is 17.0 Å². The molecule has 21 heavy (non-hydrogen) atoms. The van der Waals surface area contributed by atoms with Crippen LogP contribution < -0.4 is 5.32 Å². The predicted molar refractivity (Wildman–Crippen MR) is 85.0 cm³/mol. The molecule has 0 saturated carbocycles. The van der Waals surface area contributed by atoms with Crippen molar-refractivity contribution in [3.8, 4) is 0 Å². The summed E-state index contributed by atoms with van der Waals surface area (Å²) in [6.45, 7) is 3.63. The number of nitrogens with one attached hydrogen (secondary N) is 1. The molecule has 0 fully saturated rings. The molecule has 1 amide bonds. The van der Waals surface area contributed by atoms with Crippen molar-refractivity contribution in [2.45, 2.75) is 13.8 Å². The number of hydrogen-bond donors (Lipinski definition) is 2. The van der Waals surface area contributed by atoms with Gasteiger partial charge in [-0.05, 0) is 49.7 Å². The number of aromatic carboxylic acids is 1. The minimum Gasteiger partial charge on any atom is -0.478 e. The summed E-state index contributed by atoms with van der Waals surface area (Å²) in [6.07, 6.45) is 0. The second-order valence-electron chi connectivity index (χ2n) is 4.77. The summed E-state index contributed by atoms with van der Waals surface area (Å²) in [5.41, 5.74) is 2.52. The highest BCUT2D eigenvalue weighted by Crippen LogP contribution is 2.21. The lowest BCUT2D eigenvalue weighted by molar-refractivity contribution is 0.0698. The smallest absolute Gasteiger partial charge is 0.337 e. The van der Waals surface area contributed by atoms with Crippen LogP contribution in [0.25, 0.3) is 0 Å². The topological polar surface area (TPSA) is 66.4 Å². The van der Waals surface area contributed by atoms with Gasteiger partial charge in [0.2, 0.25) is 0 Å². The highest BCUT2D eigenvalue weighted by Gasteiger charge is 2.15. The van der Waals surface area contributed by atoms with E-state index in [1.54, 1.807) is 31.2 Å². The van der Waals surface area contributed by atoms with Crippen LogP contribution in [0.15, 0.2) is 40.9 Å². The zero-order valence-corrected chi connectivity index (χ0v) is 13.2. The van der Waals surface area contributed by atoms with Gasteiger partial charge in [-0.1, -0.05) is 27.6 Å². The van der Waals surface area contributed by atoms with Gasteiger partial charge in [-0.2, -0.15) is 0 Å². The second-order valence-corrected chi connectivity index (χ2v) is 5.68. The molecule has 0 spiro atoms. The third-order valence-electron chi connectivity index (χ3n) is 3.09. The van der Waals surface area contributed by atoms with E-state index < -0.39 is 5.97 Å². The quantitative estimate of drug-likeness (QED) is 0.881. The molecular formula is C16H14BrNO3. The normalized spacial score (nSPS) is 10.2. The van der Waals surface area contributed by atoms with Gasteiger partial charge in [0.15, 0.2) is 0 Å². The molecule has 108 valence electrons. The third-order valence-corrected chi connectivity index (χ3v) is 3.58. The lowest BCUT2D eigenvalue weighted by atomic mass is 10.1. The standard InChI is InChI=1S/C16H14BrNO3/c1-9-3-6-14(13(7-9)16(20)21)18-15(19)12-5-4-11(17)8-10(12)2/h3-8H,1-2H3,(H,18,19)(H,20,21). The van der Waals surface area contributed by atoms with Gasteiger partial charge in [-0.15, -0.1) is 0 Å². The fourth-order valence-corrected chi connectivity index (χ4v) is 2.49. The Morgan fingerprint density at radius 1 is 1.05 bits per heavy atom. The van der Waals surface area contributed by atoms with E-state index in [1.165, 1.54) is 6.07 Å². The van der Waals surface area contributed by atoms with Gasteiger partial charge >= 0.3 is 5.97 Å². The van der Waals surface area contributed by atoms with Gasteiger partial charge in [0.05, 0.1) is 11.3 Å². The maximum atomic E-state index is 12.3. The first-order valence-electron chi connectivity index (χ1n) is 6.30. The number of benzene rings is 2. The van der Waals surface area contributed by atoms with E-state index in [9.17, 15) is 14.7 Å². The number of carbonyl (C=O) groups is 2. The Morgan fingerprint density at radius 3 is 2.38 bits per heavy atom. The highest BCUT2D eigenvalue weighted by atomic mass is 79.9. The number of carboxylic acid groups (broad SMARTS) is 1. The third kappa shape index (κ3) is 3.49. The molecule has 4 nitrogen and oxygen atoms in total. The molecule has 5 heteroatoms. The number of amides is 1. The highest BCUT2D eigenvalue weighted by molar-refractivity contribution is 9.10. The Morgan fingerprint density at radius 2 is 1.76 bits per heavy atom. The van der Waals surface area contributed by atoms with E-state index in [-0.39, 0.29) is 11.5 Å². The Balaban J connectivity index is 2.34. The van der Waals surface area contributed by atoms with Crippen LogP contribution in [0.4, 0.5) is 5.69 Å². The number of hydrogen-bond acceptors (Lipinski definition) is 2. The summed E-state index contributed by atoms with van der Waals surface area (Å²) in [7, 11) is 0. The Hall–Kier alpha value is -2.14. The van der Waals surface area contributed by atoms with Crippen molar-refractivity contribution in [1.82, 2.24) is 0 Å². The monoisotopic (exact) mass is 347 g/mol. The van der Waals surface area contributed by atoms with Crippen LogP contribution in [0.1, 0.15) is 31.8 Å². The summed E-state index contributed by atoms with van der Waals surface area (Å²) in [6, 6.07) is 10.2. The number of halogens is 1. The maximum Gasteiger partial charge on any atom is 0.337 e. The van der Waals surface area contributed by atoms with Crippen molar-refractivity contribution in [3.05, 3.63) is 63.1 Å². The van der Waals surface area contributed by atoms with Crippen molar-refractivity contribution >= 4 is 33.5 Å². The number of carbonyl (C=O) groups excluding carboxylic acids is 1. The number of carboxylic acids is 1. The second kappa shape index (κ2) is 6.10. The van der Waals surface area contributed by atoms with Crippen molar-refractivity contribution in [3.63, 3.8) is 0 Å². The van der Waals surface area contributed by atoms with Gasteiger partial charge in [-0.3, -0.25) is 4.79 Å². The molecule has 0 aliphatic heterocycles. The molecule has 0 aliphatic rings. The Bertz CT molecular complexity index is 725. The fourth-order valence-electron chi connectivity index (χ4n) is 2.02. The van der Waals surface area contributed by atoms with E-state index in [0.29, 0.717) is 11.3 Å². The zero-order chi connectivity index (χ0) is 15.6. The van der Waals surface area contributed by atoms with Crippen LogP contribution in [0.3, 0.4) is 0 Å². The molecule has 0 atom stereocenters. The molecule has 2 aromatic rings. The number of rotatable bonds is 3. The van der Waals surface area contributed by atoms with E-state index >= 15 is 0 Å². The Labute approximate surface area is 130 Å². The molecule has 0 unspecified atom stereocenters. The summed E-state index contributed by atoms with van der Waals surface area (Å²) < 4.78 is 0.887. The zero-order valence-electron chi connectivity index (χ0n) is 11.6. The molecule has 0 aromatic heterocycles. The van der Waals surface area contributed by atoms with Crippen LogP contribution in [-0.2, 0) is 0 Å². The minimum absolute atomic E-state index is 0.0816. The average Bonchev–Trinajstić information content (AvgIpc) is 2.40. The van der Waals surface area contributed by atoms with Gasteiger partial charge in [0.1, 0.15) is 0 Å². The van der Waals surface area contributed by atoms with Gasteiger partial charge < -0.3 is 10.4 Å². The number of aryl methyl sites for hydroxylation is 2. The van der Waals surface area contributed by atoms with Gasteiger partial charge in [-0.25, -0.2) is 4.79 Å². The van der Waals surface area contributed by atoms with E-state index in [2.05, 4.69) is 21.2 Å². The van der Waals surface area contributed by atoms with Gasteiger partial charge in [0.25, 0.3) is 5.91 Å². The lowest BCUT2D eigenvalue weighted by Gasteiger charge is -2.11. The van der Waals surface area contributed by atoms with E-state index in [0.717, 1.165) is 15.6 Å². The molecule has 0 saturated heterocycles. The SMILES string of the molecule is Cc1ccc(NC(=O)c2ccc(Br)cc2C)c(C(=O)O)c1. The average molecular weight is 348 g/mol. The predicted octanol–water partition coefficient (Wildman–Crippen LogP) is 4.02. The first-order valence-corrected chi connectivity index (χ1v) is 7.09. The molecule has 0 heterocycles. The summed E-state index contributed by atoms with van der Waals surface area (Å²) in [5.74, 6) is -1.40. The molecule has 2 aromatic carbocycles. The maximum absolute atomic E-state index is 12.3. The fraction of sp³-hybridized carbons (Fsp3) is 0.125. The largest absolute Gasteiger partial charge is 0.478 e. The van der Waals surface area contributed by atoms with E-state index in [4.69, 9.17) is 0 Å². The summed E-state index contributed by atoms with van der Waals surface area (Å²) >= 11 is 3.34. The first kappa shape index (κ1) is 15.3. The first-order chi connectivity index (χ1) is 9.88. The van der Waals surface area contributed by atoms with Crippen LogP contribution in [0.5, 0.6) is 0 Å². The molecule has 0 bridgehead atoms. The molecule has 0 radical (unpaired) electrons. The van der Waals surface area contributed by atoms with Crippen molar-refractivity contribution in [2.24, 2.45) is 0 Å². The summed E-state index contributed by atoms with van der Waals surface area (Å²) in [4.78, 5) is 23.5. The molecular weight excluding hydrogens is 334 g/mol. The number of anilines is 1. The van der Waals surface area contributed by atoms with Crippen LogP contribution in [0.2, 0.25) is 0 Å². The molecule has 2 rings (SSSR count). The van der Waals surface area contributed by atoms with Gasteiger partial charge in [0, 0.05) is 10.0 Å². The van der Waals surface area contributed by atoms with E-state index in [1.807, 2.05) is 13.0 Å². The van der Waals surface area contributed by atoms with Crippen molar-refractivity contribution in [2.75, 3.05) is 5.32 Å². The van der Waals surface area contributed by atoms with Crippen LogP contribution >= 0.6 is 15.9 Å². The Kier molecular flexibility index (Phi) is 4.43. The molecule has 0 aliphatic carbocycles. The molecule has 2 N–H and O–H groups in total. The lowest BCUT2D eigenvalue weighted by Crippen LogP contribution is -2.16. The summed E-state index contributed by atoms with van der Waals surface area (Å²) in [5, 5.41) is 11.9.